The van der Waals surface area contributed by atoms with Gasteiger partial charge in [0.05, 0.1) is 12.6 Å². The fourth-order valence-electron chi connectivity index (χ4n) is 2.43. The third kappa shape index (κ3) is 4.33. The van der Waals surface area contributed by atoms with Crippen LogP contribution < -0.4 is 5.32 Å². The molecule has 2 heterocycles. The second-order valence-corrected chi connectivity index (χ2v) is 5.21. The fourth-order valence-corrected chi connectivity index (χ4v) is 2.43. The number of nitrogens with zero attached hydrogens (tertiary/aromatic N) is 2. The second-order valence-electron chi connectivity index (χ2n) is 5.21. The van der Waals surface area contributed by atoms with Gasteiger partial charge in [-0.2, -0.15) is 0 Å². The van der Waals surface area contributed by atoms with Crippen molar-refractivity contribution in [1.29, 1.82) is 0 Å². The molecule has 1 aliphatic rings. The molecule has 0 unspecified atom stereocenters. The van der Waals surface area contributed by atoms with Crippen LogP contribution in [0.3, 0.4) is 0 Å². The summed E-state index contributed by atoms with van der Waals surface area (Å²) in [5.74, 6) is 1.23. The van der Waals surface area contributed by atoms with Gasteiger partial charge in [0.25, 0.3) is 0 Å². The van der Waals surface area contributed by atoms with E-state index in [0.717, 1.165) is 18.9 Å². The molecule has 1 N–H and O–H groups in total. The van der Waals surface area contributed by atoms with Crippen molar-refractivity contribution in [3.63, 3.8) is 0 Å². The van der Waals surface area contributed by atoms with E-state index >= 15 is 0 Å². The Hall–Kier alpha value is -1.40. The van der Waals surface area contributed by atoms with Crippen LogP contribution in [0, 0.1) is 16.0 Å². The van der Waals surface area contributed by atoms with E-state index in [9.17, 15) is 10.1 Å². The van der Waals surface area contributed by atoms with Gasteiger partial charge in [0.15, 0.2) is 0 Å². The zero-order chi connectivity index (χ0) is 13.7. The normalized spacial score (nSPS) is 17.7. The Morgan fingerprint density at radius 2 is 2.21 bits per heavy atom. The van der Waals surface area contributed by atoms with Crippen molar-refractivity contribution < 1.29 is 9.34 Å². The van der Waals surface area contributed by atoms with Crippen LogP contribution in [0.2, 0.25) is 0 Å². The molecule has 6 heteroatoms. The lowest BCUT2D eigenvalue weighted by Gasteiger charge is -2.28. The largest absolute Gasteiger partial charge is 0.433 e. The monoisotopic (exact) mass is 267 g/mol. The van der Waals surface area contributed by atoms with Gasteiger partial charge in [-0.15, -0.1) is 0 Å². The van der Waals surface area contributed by atoms with E-state index in [0.29, 0.717) is 12.3 Å². The third-order valence-electron chi connectivity index (χ3n) is 3.69. The lowest BCUT2D eigenvalue weighted by molar-refractivity contribution is -0.402. The van der Waals surface area contributed by atoms with Gasteiger partial charge in [0, 0.05) is 0 Å². The summed E-state index contributed by atoms with van der Waals surface area (Å²) in [5.41, 5.74) is 0. The highest BCUT2D eigenvalue weighted by Gasteiger charge is 2.16. The Bertz CT molecular complexity index is 411. The maximum Gasteiger partial charge on any atom is 0.433 e. The van der Waals surface area contributed by atoms with Gasteiger partial charge in [0.2, 0.25) is 0 Å². The molecule has 0 aromatic carbocycles. The van der Waals surface area contributed by atoms with Crippen molar-refractivity contribution in [2.24, 2.45) is 5.92 Å². The Balaban J connectivity index is 1.62. The summed E-state index contributed by atoms with van der Waals surface area (Å²) in [6.07, 6.45) is 3.70. The molecule has 0 radical (unpaired) electrons. The van der Waals surface area contributed by atoms with Gasteiger partial charge in [0.1, 0.15) is 10.7 Å². The third-order valence-corrected chi connectivity index (χ3v) is 3.69. The number of rotatable bonds is 6. The average Bonchev–Trinajstić information content (AvgIpc) is 2.86. The van der Waals surface area contributed by atoms with Gasteiger partial charge in [-0.3, -0.25) is 10.1 Å². The zero-order valence-corrected chi connectivity index (χ0v) is 11.3. The number of piperidine rings is 1. The highest BCUT2D eigenvalue weighted by molar-refractivity contribution is 5.17. The molecule has 0 spiro atoms. The summed E-state index contributed by atoms with van der Waals surface area (Å²) in [4.78, 5) is 12.3. The van der Waals surface area contributed by atoms with E-state index in [1.165, 1.54) is 32.0 Å². The lowest BCUT2D eigenvalue weighted by atomic mass is 9.94. The van der Waals surface area contributed by atoms with Crippen molar-refractivity contribution in [2.75, 3.05) is 26.7 Å². The quantitative estimate of drug-likeness (QED) is 0.485. The van der Waals surface area contributed by atoms with Crippen molar-refractivity contribution in [1.82, 2.24) is 10.2 Å². The number of likely N-dealkylation sites (tertiary alicyclic amines) is 1. The van der Waals surface area contributed by atoms with Gasteiger partial charge < -0.3 is 14.6 Å². The summed E-state index contributed by atoms with van der Waals surface area (Å²) in [6, 6.07) is 3.05. The number of furan rings is 1. The summed E-state index contributed by atoms with van der Waals surface area (Å²) >= 11 is 0. The molecule has 1 fully saturated rings. The number of hydrogen-bond donors (Lipinski definition) is 1. The van der Waals surface area contributed by atoms with E-state index in [2.05, 4.69) is 17.3 Å². The van der Waals surface area contributed by atoms with Crippen LogP contribution in [0.1, 0.15) is 25.0 Å². The summed E-state index contributed by atoms with van der Waals surface area (Å²) in [5, 5.41) is 13.7. The Morgan fingerprint density at radius 1 is 1.47 bits per heavy atom. The molecule has 2 rings (SSSR count). The zero-order valence-electron chi connectivity index (χ0n) is 11.3. The van der Waals surface area contributed by atoms with Crippen molar-refractivity contribution in [3.8, 4) is 0 Å². The molecule has 1 aromatic rings. The minimum atomic E-state index is -0.512. The average molecular weight is 267 g/mol. The molecule has 19 heavy (non-hydrogen) atoms. The van der Waals surface area contributed by atoms with Crippen LogP contribution in [-0.4, -0.2) is 36.5 Å². The van der Waals surface area contributed by atoms with Gasteiger partial charge in [-0.25, -0.2) is 0 Å². The molecule has 1 aromatic heterocycles. The summed E-state index contributed by atoms with van der Waals surface area (Å²) < 4.78 is 5.08. The number of nitro groups is 1. The molecule has 0 atom stereocenters. The van der Waals surface area contributed by atoms with Crippen molar-refractivity contribution in [2.45, 2.75) is 25.8 Å². The molecule has 0 saturated carbocycles. The van der Waals surface area contributed by atoms with E-state index in [1.807, 2.05) is 0 Å². The van der Waals surface area contributed by atoms with E-state index in [1.54, 1.807) is 6.07 Å². The molecule has 0 bridgehead atoms. The minimum Gasteiger partial charge on any atom is -0.404 e. The Labute approximate surface area is 112 Å². The smallest absolute Gasteiger partial charge is 0.404 e. The molecule has 6 nitrogen and oxygen atoms in total. The SMILES string of the molecule is CN1CCC(CCNCc2ccc([N+](=O)[O-])o2)CC1. The Morgan fingerprint density at radius 3 is 2.84 bits per heavy atom. The molecular formula is C13H21N3O3. The van der Waals surface area contributed by atoms with Crippen molar-refractivity contribution in [3.05, 3.63) is 28.0 Å². The maximum absolute atomic E-state index is 10.5. The summed E-state index contributed by atoms with van der Waals surface area (Å²) in [7, 11) is 2.16. The standard InChI is InChI=1S/C13H21N3O3/c1-15-8-5-11(6-9-15)4-7-14-10-12-2-3-13(19-12)16(17)18/h2-3,11,14H,4-10H2,1H3. The van der Waals surface area contributed by atoms with Crippen molar-refractivity contribution >= 4 is 5.88 Å². The van der Waals surface area contributed by atoms with Gasteiger partial charge in [-0.1, -0.05) is 0 Å². The van der Waals surface area contributed by atoms with E-state index < -0.39 is 4.92 Å². The first kappa shape index (κ1) is 14.0. The van der Waals surface area contributed by atoms with Crippen LogP contribution in [0.15, 0.2) is 16.5 Å². The second kappa shape index (κ2) is 6.68. The molecular weight excluding hydrogens is 246 g/mol. The number of hydrogen-bond acceptors (Lipinski definition) is 5. The predicted molar refractivity (Wildman–Crippen MR) is 71.9 cm³/mol. The first-order valence-corrected chi connectivity index (χ1v) is 6.77. The first-order valence-electron chi connectivity index (χ1n) is 6.77. The van der Waals surface area contributed by atoms with E-state index in [4.69, 9.17) is 4.42 Å². The van der Waals surface area contributed by atoms with Crippen LogP contribution in [0.25, 0.3) is 0 Å². The topological polar surface area (TPSA) is 71.5 Å². The minimum absolute atomic E-state index is 0.188. The highest BCUT2D eigenvalue weighted by Crippen LogP contribution is 2.19. The van der Waals surface area contributed by atoms with Gasteiger partial charge >= 0.3 is 5.88 Å². The molecule has 1 saturated heterocycles. The van der Waals surface area contributed by atoms with Crippen LogP contribution in [0.5, 0.6) is 0 Å². The molecule has 0 amide bonds. The predicted octanol–water partition coefficient (Wildman–Crippen LogP) is 2.01. The lowest BCUT2D eigenvalue weighted by Crippen LogP contribution is -2.31. The number of nitrogens with one attached hydrogen (secondary N) is 1. The molecule has 1 aliphatic heterocycles. The van der Waals surface area contributed by atoms with Crippen LogP contribution in [0.4, 0.5) is 5.88 Å². The van der Waals surface area contributed by atoms with Crippen LogP contribution >= 0.6 is 0 Å². The first-order chi connectivity index (χ1) is 9.15. The molecule has 106 valence electrons. The summed E-state index contributed by atoms with van der Waals surface area (Å²) in [6.45, 7) is 3.87. The fraction of sp³-hybridized carbons (Fsp3) is 0.692. The highest BCUT2D eigenvalue weighted by atomic mass is 16.6. The maximum atomic E-state index is 10.5. The van der Waals surface area contributed by atoms with Crippen LogP contribution in [-0.2, 0) is 6.54 Å². The Kier molecular flexibility index (Phi) is 4.93. The van der Waals surface area contributed by atoms with E-state index in [-0.39, 0.29) is 5.88 Å². The van der Waals surface area contributed by atoms with Gasteiger partial charge in [-0.05, 0) is 57.9 Å². The molecule has 0 aliphatic carbocycles.